The van der Waals surface area contributed by atoms with Gasteiger partial charge in [0, 0.05) is 12.6 Å². The van der Waals surface area contributed by atoms with Crippen LogP contribution in [-0.4, -0.2) is 30.5 Å². The number of unbranched alkanes of at least 4 members (excludes halogenated alkanes) is 3. The maximum absolute atomic E-state index is 9.03. The first-order valence-electron chi connectivity index (χ1n) is 5.74. The fourth-order valence-corrected chi connectivity index (χ4v) is 1.34. The summed E-state index contributed by atoms with van der Waals surface area (Å²) in [5.41, 5.74) is 5.78. The first kappa shape index (κ1) is 13.9. The number of nitrogens with two attached hydrogens (primary N) is 1. The molecule has 0 saturated heterocycles. The van der Waals surface area contributed by atoms with Gasteiger partial charge in [0.15, 0.2) is 0 Å². The van der Waals surface area contributed by atoms with E-state index in [9.17, 15) is 0 Å². The zero-order valence-electron chi connectivity index (χ0n) is 9.54. The van der Waals surface area contributed by atoms with Crippen LogP contribution in [0.3, 0.4) is 0 Å². The lowest BCUT2D eigenvalue weighted by Crippen LogP contribution is -2.39. The third kappa shape index (κ3) is 6.35. The van der Waals surface area contributed by atoms with Crippen LogP contribution in [0.1, 0.15) is 46.0 Å². The topological polar surface area (TPSA) is 55.5 Å². The smallest absolute Gasteiger partial charge is 0.0955 e. The summed E-state index contributed by atoms with van der Waals surface area (Å²) in [4.78, 5) is 0. The third-order valence-corrected chi connectivity index (χ3v) is 2.46. The van der Waals surface area contributed by atoms with Crippen LogP contribution in [0.15, 0.2) is 0 Å². The van der Waals surface area contributed by atoms with Crippen LogP contribution in [0.2, 0.25) is 0 Å². The largest absolute Gasteiger partial charge is 0.394 e. The van der Waals surface area contributed by atoms with E-state index in [0.29, 0.717) is 0 Å². The minimum atomic E-state index is -0.179. The normalized spacial score (nSPS) is 15.4. The molecule has 0 heterocycles. The van der Waals surface area contributed by atoms with Gasteiger partial charge < -0.3 is 15.6 Å². The summed E-state index contributed by atoms with van der Waals surface area (Å²) in [6.45, 7) is 4.94. The van der Waals surface area contributed by atoms with E-state index < -0.39 is 0 Å². The minimum Gasteiger partial charge on any atom is -0.394 e. The zero-order chi connectivity index (χ0) is 10.8. The highest BCUT2D eigenvalue weighted by Gasteiger charge is 2.14. The second-order valence-corrected chi connectivity index (χ2v) is 3.72. The van der Waals surface area contributed by atoms with Crippen molar-refractivity contribution in [3.63, 3.8) is 0 Å². The van der Waals surface area contributed by atoms with Gasteiger partial charge in [-0.25, -0.2) is 0 Å². The molecule has 0 bridgehead atoms. The Morgan fingerprint density at radius 2 is 1.93 bits per heavy atom. The summed E-state index contributed by atoms with van der Waals surface area (Å²) in [7, 11) is 0. The molecule has 0 spiro atoms. The second-order valence-electron chi connectivity index (χ2n) is 3.72. The molecule has 0 aliphatic heterocycles. The fourth-order valence-electron chi connectivity index (χ4n) is 1.34. The third-order valence-electron chi connectivity index (χ3n) is 2.46. The molecule has 2 unspecified atom stereocenters. The Labute approximate surface area is 87.6 Å². The standard InChI is InChI=1S/C11H25NO2/c1-3-5-6-7-8-14-11(9-13)10(12)4-2/h10-11,13H,3-9,12H2,1-2H3. The lowest BCUT2D eigenvalue weighted by Gasteiger charge is -2.21. The van der Waals surface area contributed by atoms with Gasteiger partial charge in [0.05, 0.1) is 12.7 Å². The first-order valence-corrected chi connectivity index (χ1v) is 5.74. The molecule has 0 fully saturated rings. The first-order chi connectivity index (χ1) is 6.76. The molecule has 0 aliphatic rings. The predicted octanol–water partition coefficient (Wildman–Crippen LogP) is 1.68. The Morgan fingerprint density at radius 1 is 1.21 bits per heavy atom. The Balaban J connectivity index is 3.42. The molecule has 3 heteroatoms. The summed E-state index contributed by atoms with van der Waals surface area (Å²) in [5, 5.41) is 9.03. The second kappa shape index (κ2) is 9.44. The van der Waals surface area contributed by atoms with E-state index in [1.807, 2.05) is 6.92 Å². The van der Waals surface area contributed by atoms with Crippen LogP contribution >= 0.6 is 0 Å². The molecule has 0 amide bonds. The fraction of sp³-hybridized carbons (Fsp3) is 1.00. The van der Waals surface area contributed by atoms with Gasteiger partial charge in [0.2, 0.25) is 0 Å². The Morgan fingerprint density at radius 3 is 2.43 bits per heavy atom. The molecule has 0 radical (unpaired) electrons. The van der Waals surface area contributed by atoms with Crippen molar-refractivity contribution in [1.82, 2.24) is 0 Å². The average Bonchev–Trinajstić information content (AvgIpc) is 2.22. The molecule has 0 aromatic carbocycles. The van der Waals surface area contributed by atoms with Crippen molar-refractivity contribution in [2.24, 2.45) is 5.73 Å². The van der Waals surface area contributed by atoms with E-state index in [-0.39, 0.29) is 18.8 Å². The summed E-state index contributed by atoms with van der Waals surface area (Å²) < 4.78 is 5.52. The lowest BCUT2D eigenvalue weighted by molar-refractivity contribution is -0.00451. The van der Waals surface area contributed by atoms with E-state index in [1.54, 1.807) is 0 Å². The molecule has 3 nitrogen and oxygen atoms in total. The van der Waals surface area contributed by atoms with Crippen molar-refractivity contribution in [1.29, 1.82) is 0 Å². The monoisotopic (exact) mass is 203 g/mol. The molecule has 0 aliphatic carbocycles. The van der Waals surface area contributed by atoms with E-state index in [1.165, 1.54) is 19.3 Å². The van der Waals surface area contributed by atoms with E-state index >= 15 is 0 Å². The van der Waals surface area contributed by atoms with Gasteiger partial charge in [-0.05, 0) is 12.8 Å². The van der Waals surface area contributed by atoms with E-state index in [4.69, 9.17) is 15.6 Å². The number of rotatable bonds is 9. The number of aliphatic hydroxyl groups is 1. The van der Waals surface area contributed by atoms with Gasteiger partial charge in [0.1, 0.15) is 0 Å². The van der Waals surface area contributed by atoms with Crippen molar-refractivity contribution < 1.29 is 9.84 Å². The Hall–Kier alpha value is -0.120. The van der Waals surface area contributed by atoms with Gasteiger partial charge in [-0.3, -0.25) is 0 Å². The zero-order valence-corrected chi connectivity index (χ0v) is 9.54. The van der Waals surface area contributed by atoms with Gasteiger partial charge in [0.25, 0.3) is 0 Å². The van der Waals surface area contributed by atoms with Crippen molar-refractivity contribution in [3.8, 4) is 0 Å². The molecule has 0 aromatic heterocycles. The molecule has 2 atom stereocenters. The van der Waals surface area contributed by atoms with Gasteiger partial charge >= 0.3 is 0 Å². The average molecular weight is 203 g/mol. The Bertz CT molecular complexity index is 120. The number of ether oxygens (including phenoxy) is 1. The molecular weight excluding hydrogens is 178 g/mol. The van der Waals surface area contributed by atoms with E-state index in [2.05, 4.69) is 6.92 Å². The van der Waals surface area contributed by atoms with Crippen LogP contribution in [0, 0.1) is 0 Å². The molecule has 0 rings (SSSR count). The van der Waals surface area contributed by atoms with Gasteiger partial charge in [-0.2, -0.15) is 0 Å². The molecule has 0 saturated carbocycles. The van der Waals surface area contributed by atoms with Crippen molar-refractivity contribution in [3.05, 3.63) is 0 Å². The summed E-state index contributed by atoms with van der Waals surface area (Å²) >= 11 is 0. The van der Waals surface area contributed by atoms with E-state index in [0.717, 1.165) is 19.4 Å². The van der Waals surface area contributed by atoms with Crippen molar-refractivity contribution in [2.45, 2.75) is 58.1 Å². The van der Waals surface area contributed by atoms with Crippen molar-refractivity contribution in [2.75, 3.05) is 13.2 Å². The minimum absolute atomic E-state index is 0.0305. The number of hydrogen-bond donors (Lipinski definition) is 2. The van der Waals surface area contributed by atoms with Crippen LogP contribution in [0.5, 0.6) is 0 Å². The van der Waals surface area contributed by atoms with Crippen LogP contribution in [0.4, 0.5) is 0 Å². The Kier molecular flexibility index (Phi) is 9.35. The predicted molar refractivity (Wildman–Crippen MR) is 59.2 cm³/mol. The van der Waals surface area contributed by atoms with Crippen molar-refractivity contribution >= 4 is 0 Å². The van der Waals surface area contributed by atoms with Crippen LogP contribution in [-0.2, 0) is 4.74 Å². The van der Waals surface area contributed by atoms with Crippen LogP contribution < -0.4 is 5.73 Å². The van der Waals surface area contributed by atoms with Gasteiger partial charge in [-0.15, -0.1) is 0 Å². The summed E-state index contributed by atoms with van der Waals surface area (Å²) in [6.07, 6.45) is 5.43. The highest BCUT2D eigenvalue weighted by Crippen LogP contribution is 2.04. The maximum atomic E-state index is 9.03. The quantitative estimate of drug-likeness (QED) is 0.561. The van der Waals surface area contributed by atoms with Gasteiger partial charge in [-0.1, -0.05) is 33.1 Å². The highest BCUT2D eigenvalue weighted by molar-refractivity contribution is 4.70. The van der Waals surface area contributed by atoms with Crippen LogP contribution in [0.25, 0.3) is 0 Å². The summed E-state index contributed by atoms with van der Waals surface area (Å²) in [6, 6.07) is -0.0359. The summed E-state index contributed by atoms with van der Waals surface area (Å²) in [5.74, 6) is 0. The SMILES string of the molecule is CCCCCCOC(CO)C(N)CC. The number of aliphatic hydroxyl groups excluding tert-OH is 1. The molecular formula is C11H25NO2. The molecule has 86 valence electrons. The molecule has 14 heavy (non-hydrogen) atoms. The molecule has 3 N–H and O–H groups in total. The highest BCUT2D eigenvalue weighted by atomic mass is 16.5. The maximum Gasteiger partial charge on any atom is 0.0955 e. The number of hydrogen-bond acceptors (Lipinski definition) is 3. The molecule has 0 aromatic rings. The lowest BCUT2D eigenvalue weighted by atomic mass is 10.1.